The maximum absolute atomic E-state index is 14.9. The third-order valence-electron chi connectivity index (χ3n) is 9.78. The molecule has 0 saturated heterocycles. The molecule has 0 amide bonds. The molecule has 3 atom stereocenters. The Hall–Kier alpha value is -2.72. The Labute approximate surface area is 232 Å². The van der Waals surface area contributed by atoms with Gasteiger partial charge in [0.2, 0.25) is 0 Å². The third kappa shape index (κ3) is 4.47. The fourth-order valence-corrected chi connectivity index (χ4v) is 10.3. The van der Waals surface area contributed by atoms with Gasteiger partial charge < -0.3 is 9.53 Å². The van der Waals surface area contributed by atoms with Crippen molar-refractivity contribution in [2.24, 2.45) is 5.92 Å². The second kappa shape index (κ2) is 10.3. The average molecular weight is 577 g/mol. The van der Waals surface area contributed by atoms with Gasteiger partial charge >= 0.3 is 12.1 Å². The molecule has 40 heavy (non-hydrogen) atoms. The first-order valence-corrected chi connectivity index (χ1v) is 16.7. The number of carbonyl (C=O) groups is 1. The standard InChI is InChI=1S/C30H36F4N2O3Si/c1-4-40(5-2,6-3)39-28(30(32,33)34)14-15-29(27(37)38)22(18-28)9-7-8-20-17-26-21(16-25(20)29)19-35-36(26)24-12-10-23(31)11-13-24/h10-13,16-17,19,22H,4-9,14-15,18H2,1-3H3,(H,37,38). The molecule has 2 aromatic carbocycles. The summed E-state index contributed by atoms with van der Waals surface area (Å²) in [5, 5.41) is 15.9. The molecule has 1 saturated carbocycles. The lowest BCUT2D eigenvalue weighted by Gasteiger charge is -2.52. The summed E-state index contributed by atoms with van der Waals surface area (Å²) in [5.41, 5.74) is -0.943. The molecule has 1 heterocycles. The molecule has 0 aliphatic heterocycles. The van der Waals surface area contributed by atoms with Crippen molar-refractivity contribution in [1.29, 1.82) is 0 Å². The average Bonchev–Trinajstić information content (AvgIpc) is 3.26. The monoisotopic (exact) mass is 576 g/mol. The van der Waals surface area contributed by atoms with Crippen molar-refractivity contribution in [1.82, 2.24) is 9.78 Å². The number of rotatable bonds is 7. The minimum atomic E-state index is -4.59. The minimum absolute atomic E-state index is 0.140. The van der Waals surface area contributed by atoms with Crippen molar-refractivity contribution in [2.75, 3.05) is 0 Å². The number of halogens is 4. The lowest BCUT2D eigenvalue weighted by atomic mass is 9.57. The van der Waals surface area contributed by atoms with E-state index in [0.717, 1.165) is 11.1 Å². The molecule has 5 nitrogen and oxygen atoms in total. The van der Waals surface area contributed by atoms with Crippen molar-refractivity contribution in [3.63, 3.8) is 0 Å². The van der Waals surface area contributed by atoms with Gasteiger partial charge in [-0.25, -0.2) is 9.07 Å². The van der Waals surface area contributed by atoms with E-state index in [1.165, 1.54) is 12.1 Å². The van der Waals surface area contributed by atoms with Crippen LogP contribution in [0.15, 0.2) is 42.6 Å². The van der Waals surface area contributed by atoms with Gasteiger partial charge in [-0.3, -0.25) is 4.79 Å². The topological polar surface area (TPSA) is 64.3 Å². The van der Waals surface area contributed by atoms with E-state index in [-0.39, 0.29) is 25.1 Å². The van der Waals surface area contributed by atoms with E-state index >= 15 is 0 Å². The fraction of sp³-hybridized carbons (Fsp3) is 0.533. The first-order chi connectivity index (χ1) is 18.9. The summed E-state index contributed by atoms with van der Waals surface area (Å²) in [7, 11) is -2.65. The lowest BCUT2D eigenvalue weighted by molar-refractivity contribution is -0.272. The Balaban J connectivity index is 1.61. The Morgan fingerprint density at radius 3 is 2.40 bits per heavy atom. The van der Waals surface area contributed by atoms with E-state index in [1.807, 2.05) is 32.9 Å². The van der Waals surface area contributed by atoms with E-state index in [4.69, 9.17) is 4.43 Å². The van der Waals surface area contributed by atoms with Crippen molar-refractivity contribution >= 4 is 25.2 Å². The summed E-state index contributed by atoms with van der Waals surface area (Å²) in [4.78, 5) is 13.2. The molecule has 10 heteroatoms. The molecule has 3 unspecified atom stereocenters. The van der Waals surface area contributed by atoms with Crippen molar-refractivity contribution in [3.8, 4) is 5.69 Å². The number of alkyl halides is 3. The minimum Gasteiger partial charge on any atom is -0.481 e. The largest absolute Gasteiger partial charge is 0.481 e. The van der Waals surface area contributed by atoms with E-state index in [2.05, 4.69) is 5.10 Å². The number of aliphatic carboxylic acids is 1. The Morgan fingerprint density at radius 2 is 1.80 bits per heavy atom. The summed E-state index contributed by atoms with van der Waals surface area (Å²) >= 11 is 0. The number of carboxylic acids is 1. The summed E-state index contributed by atoms with van der Waals surface area (Å²) < 4.78 is 66.3. The van der Waals surface area contributed by atoms with Gasteiger partial charge in [0.05, 0.1) is 22.8 Å². The van der Waals surface area contributed by atoms with Gasteiger partial charge in [-0.15, -0.1) is 0 Å². The van der Waals surface area contributed by atoms with Crippen LogP contribution in [0.1, 0.15) is 64.0 Å². The zero-order valence-electron chi connectivity index (χ0n) is 23.2. The molecule has 2 aliphatic carbocycles. The second-order valence-corrected chi connectivity index (χ2v) is 16.2. The molecule has 1 aromatic heterocycles. The zero-order chi connectivity index (χ0) is 28.9. The zero-order valence-corrected chi connectivity index (χ0v) is 24.2. The third-order valence-corrected chi connectivity index (χ3v) is 14.5. The maximum Gasteiger partial charge on any atom is 0.416 e. The van der Waals surface area contributed by atoms with Gasteiger partial charge in [0.1, 0.15) is 5.82 Å². The smallest absolute Gasteiger partial charge is 0.416 e. The Morgan fingerprint density at radius 1 is 1.12 bits per heavy atom. The maximum atomic E-state index is 14.9. The molecule has 0 radical (unpaired) electrons. The molecule has 5 rings (SSSR count). The molecule has 1 N–H and O–H groups in total. The van der Waals surface area contributed by atoms with Crippen LogP contribution in [0.3, 0.4) is 0 Å². The van der Waals surface area contributed by atoms with Crippen LogP contribution < -0.4 is 0 Å². The van der Waals surface area contributed by atoms with Crippen LogP contribution in [0.5, 0.6) is 0 Å². The molecule has 216 valence electrons. The highest BCUT2D eigenvalue weighted by Crippen LogP contribution is 2.58. The van der Waals surface area contributed by atoms with Crippen LogP contribution in [0.25, 0.3) is 16.6 Å². The van der Waals surface area contributed by atoms with Gasteiger partial charge in [0.25, 0.3) is 0 Å². The predicted octanol–water partition coefficient (Wildman–Crippen LogP) is 7.95. The second-order valence-electron chi connectivity index (χ2n) is 11.5. The normalized spacial score (nSPS) is 25.3. The van der Waals surface area contributed by atoms with Crippen LogP contribution in [-0.2, 0) is 21.1 Å². The number of nitrogens with zero attached hydrogens (tertiary/aromatic N) is 2. The van der Waals surface area contributed by atoms with Crippen LogP contribution in [-0.4, -0.2) is 41.0 Å². The lowest BCUT2D eigenvalue weighted by Crippen LogP contribution is -2.62. The van der Waals surface area contributed by atoms with E-state index in [0.29, 0.717) is 54.0 Å². The highest BCUT2D eigenvalue weighted by Gasteiger charge is 2.66. The molecular weight excluding hydrogens is 540 g/mol. The number of hydrogen-bond donors (Lipinski definition) is 1. The molecule has 1 fully saturated rings. The number of carboxylic acid groups (broad SMARTS) is 1. The van der Waals surface area contributed by atoms with Gasteiger partial charge in [-0.1, -0.05) is 20.8 Å². The number of hydrogen-bond acceptors (Lipinski definition) is 3. The molecule has 2 aliphatic rings. The highest BCUT2D eigenvalue weighted by molar-refractivity contribution is 6.73. The summed E-state index contributed by atoms with van der Waals surface area (Å²) in [6, 6.07) is 11.4. The van der Waals surface area contributed by atoms with Gasteiger partial charge in [-0.2, -0.15) is 18.3 Å². The van der Waals surface area contributed by atoms with E-state index < -0.39 is 37.4 Å². The highest BCUT2D eigenvalue weighted by atomic mass is 28.4. The number of aryl methyl sites for hydroxylation is 1. The molecule has 0 spiro atoms. The fourth-order valence-electron chi connectivity index (χ4n) is 7.23. The molecular formula is C30H36F4N2O3Si. The van der Waals surface area contributed by atoms with Crippen LogP contribution in [0, 0.1) is 11.7 Å². The van der Waals surface area contributed by atoms with Gasteiger partial charge in [0.15, 0.2) is 13.9 Å². The summed E-state index contributed by atoms with van der Waals surface area (Å²) in [6.07, 6.45) is -2.31. The van der Waals surface area contributed by atoms with Crippen LogP contribution in [0.2, 0.25) is 18.1 Å². The van der Waals surface area contributed by atoms with E-state index in [1.54, 1.807) is 23.0 Å². The first-order valence-electron chi connectivity index (χ1n) is 14.2. The first kappa shape index (κ1) is 28.8. The number of fused-ring (bicyclic) bond motifs is 4. The number of aromatic nitrogens is 2. The van der Waals surface area contributed by atoms with Crippen LogP contribution in [0.4, 0.5) is 17.6 Å². The summed E-state index contributed by atoms with van der Waals surface area (Å²) in [5.74, 6) is -2.16. The van der Waals surface area contributed by atoms with Crippen molar-refractivity contribution in [3.05, 3.63) is 59.5 Å². The summed E-state index contributed by atoms with van der Waals surface area (Å²) in [6.45, 7) is 5.73. The van der Waals surface area contributed by atoms with E-state index in [9.17, 15) is 27.5 Å². The van der Waals surface area contributed by atoms with Crippen molar-refractivity contribution < 1.29 is 31.9 Å². The Bertz CT molecular complexity index is 1390. The SMILES string of the molecule is CC[Si](CC)(CC)OC1(C(F)(F)F)CCC2(C(=O)O)c3cc4cnn(-c5ccc(F)cc5)c4cc3CCCC2C1. The van der Waals surface area contributed by atoms with Gasteiger partial charge in [0, 0.05) is 5.39 Å². The van der Waals surface area contributed by atoms with Crippen molar-refractivity contribution in [2.45, 2.75) is 94.6 Å². The molecule has 0 bridgehead atoms. The quantitative estimate of drug-likeness (QED) is 0.229. The predicted molar refractivity (Wildman–Crippen MR) is 148 cm³/mol. The van der Waals surface area contributed by atoms with Crippen LogP contribution >= 0.6 is 0 Å². The molecule has 3 aromatic rings. The number of benzene rings is 2. The Kier molecular flexibility index (Phi) is 7.40. The van der Waals surface area contributed by atoms with Gasteiger partial charge in [-0.05, 0) is 110 Å².